The predicted molar refractivity (Wildman–Crippen MR) is 95.0 cm³/mol. The number of amides is 1. The third kappa shape index (κ3) is 4.28. The summed E-state index contributed by atoms with van der Waals surface area (Å²) in [6.07, 6.45) is 9.21. The Labute approximate surface area is 165 Å². The normalized spacial score (nSPS) is 34.0. The summed E-state index contributed by atoms with van der Waals surface area (Å²) in [6, 6.07) is 0. The van der Waals surface area contributed by atoms with Crippen LogP contribution < -0.4 is 29.3 Å². The van der Waals surface area contributed by atoms with E-state index in [0.717, 1.165) is 61.4 Å². The molecule has 4 aliphatic rings. The lowest BCUT2D eigenvalue weighted by Crippen LogP contribution is -3.00. The van der Waals surface area contributed by atoms with Gasteiger partial charge in [0.25, 0.3) is 0 Å². The van der Waals surface area contributed by atoms with Crippen molar-refractivity contribution >= 4 is 5.91 Å². The minimum atomic E-state index is 0. The summed E-state index contributed by atoms with van der Waals surface area (Å²) in [5.74, 6) is 3.16. The summed E-state index contributed by atoms with van der Waals surface area (Å²) < 4.78 is 1.12. The summed E-state index contributed by atoms with van der Waals surface area (Å²) >= 11 is 0. The van der Waals surface area contributed by atoms with E-state index in [2.05, 4.69) is 26.1 Å². The second kappa shape index (κ2) is 8.24. The van der Waals surface area contributed by atoms with Crippen molar-refractivity contribution in [3.05, 3.63) is 0 Å². The molecule has 0 aromatic carbocycles. The second-order valence-corrected chi connectivity index (χ2v) is 8.96. The highest BCUT2D eigenvalue weighted by atomic mass is 127. The van der Waals surface area contributed by atoms with Crippen molar-refractivity contribution < 1.29 is 33.3 Å². The summed E-state index contributed by atoms with van der Waals surface area (Å²) in [5, 5.41) is 3.26. The predicted octanol–water partition coefficient (Wildman–Crippen LogP) is 0.590. The summed E-state index contributed by atoms with van der Waals surface area (Å²) in [4.78, 5) is 12.6. The first-order chi connectivity index (χ1) is 11.0. The van der Waals surface area contributed by atoms with Crippen molar-refractivity contribution in [2.45, 2.75) is 65.7 Å². The Kier molecular flexibility index (Phi) is 7.03. The lowest BCUT2D eigenvalue weighted by molar-refractivity contribution is -0.922. The second-order valence-electron chi connectivity index (χ2n) is 8.96. The molecule has 140 valence electrons. The fourth-order valence-electron chi connectivity index (χ4n) is 6.49. The first kappa shape index (κ1) is 20.5. The maximum Gasteiger partial charge on any atom is 0.220 e. The maximum atomic E-state index is 12.6. The SMILES string of the molecule is CC[N+](CC)(CC)CCNC(=O)CC12CC3CC(CC(C3)C1)C2.[I-]. The molecule has 0 atom stereocenters. The van der Waals surface area contributed by atoms with Crippen molar-refractivity contribution in [2.75, 3.05) is 32.7 Å². The molecule has 4 rings (SSSR count). The topological polar surface area (TPSA) is 29.1 Å². The van der Waals surface area contributed by atoms with Gasteiger partial charge in [0.2, 0.25) is 5.91 Å². The van der Waals surface area contributed by atoms with Crippen LogP contribution in [-0.2, 0) is 4.79 Å². The van der Waals surface area contributed by atoms with Crippen LogP contribution in [0.25, 0.3) is 0 Å². The van der Waals surface area contributed by atoms with Gasteiger partial charge in [-0.15, -0.1) is 0 Å². The van der Waals surface area contributed by atoms with Gasteiger partial charge >= 0.3 is 0 Å². The molecule has 4 heteroatoms. The molecule has 1 amide bonds. The number of nitrogens with one attached hydrogen (secondary N) is 1. The largest absolute Gasteiger partial charge is 1.00 e. The Morgan fingerprint density at radius 3 is 1.83 bits per heavy atom. The van der Waals surface area contributed by atoms with Crippen molar-refractivity contribution in [1.82, 2.24) is 5.32 Å². The molecule has 0 spiro atoms. The number of rotatable bonds is 8. The molecule has 0 heterocycles. The van der Waals surface area contributed by atoms with Crippen LogP contribution >= 0.6 is 0 Å². The molecule has 0 aromatic heterocycles. The molecular formula is C20H37IN2O. The Morgan fingerprint density at radius 1 is 0.958 bits per heavy atom. The van der Waals surface area contributed by atoms with E-state index in [1.165, 1.54) is 38.5 Å². The summed E-state index contributed by atoms with van der Waals surface area (Å²) in [6.45, 7) is 12.2. The number of hydrogen-bond donors (Lipinski definition) is 1. The number of carbonyl (C=O) groups is 1. The van der Waals surface area contributed by atoms with Crippen LogP contribution in [0, 0.1) is 23.2 Å². The molecule has 0 aliphatic heterocycles. The quantitative estimate of drug-likeness (QED) is 0.428. The van der Waals surface area contributed by atoms with Crippen LogP contribution in [0.2, 0.25) is 0 Å². The zero-order valence-corrected chi connectivity index (χ0v) is 18.1. The van der Waals surface area contributed by atoms with Crippen LogP contribution in [-0.4, -0.2) is 43.1 Å². The van der Waals surface area contributed by atoms with Gasteiger partial charge in [0.15, 0.2) is 0 Å². The van der Waals surface area contributed by atoms with Crippen LogP contribution in [0.3, 0.4) is 0 Å². The van der Waals surface area contributed by atoms with Gasteiger partial charge < -0.3 is 33.8 Å². The Balaban J connectivity index is 0.00000208. The van der Waals surface area contributed by atoms with E-state index in [1.807, 2.05) is 0 Å². The number of hydrogen-bond acceptors (Lipinski definition) is 1. The highest BCUT2D eigenvalue weighted by Crippen LogP contribution is 2.61. The fourth-order valence-corrected chi connectivity index (χ4v) is 6.49. The van der Waals surface area contributed by atoms with E-state index in [-0.39, 0.29) is 24.0 Å². The number of nitrogens with zero attached hydrogens (tertiary/aromatic N) is 1. The average Bonchev–Trinajstić information content (AvgIpc) is 2.50. The minimum absolute atomic E-state index is 0. The Morgan fingerprint density at radius 2 is 1.42 bits per heavy atom. The van der Waals surface area contributed by atoms with Gasteiger partial charge in [-0.2, -0.15) is 0 Å². The standard InChI is InChI=1S/C20H36N2O.HI/c1-4-22(5-2,6-3)8-7-21-19(23)15-20-12-16-9-17(13-20)11-18(10-16)14-20;/h16-18H,4-15H2,1-3H3;1H. The molecule has 1 N–H and O–H groups in total. The molecule has 4 saturated carbocycles. The lowest BCUT2D eigenvalue weighted by Gasteiger charge is -2.56. The third-order valence-electron chi connectivity index (χ3n) is 7.62. The number of quaternary nitrogens is 1. The molecule has 0 radical (unpaired) electrons. The molecule has 3 nitrogen and oxygen atoms in total. The average molecular weight is 448 g/mol. The summed E-state index contributed by atoms with van der Waals surface area (Å²) in [5.41, 5.74) is 0.380. The van der Waals surface area contributed by atoms with Gasteiger partial charge in [-0.05, 0) is 82.5 Å². The smallest absolute Gasteiger partial charge is 0.220 e. The van der Waals surface area contributed by atoms with Gasteiger partial charge in [0.05, 0.1) is 32.7 Å². The molecule has 0 aromatic rings. The van der Waals surface area contributed by atoms with Gasteiger partial charge in [0.1, 0.15) is 0 Å². The number of halogens is 1. The first-order valence-electron chi connectivity index (χ1n) is 10.1. The van der Waals surface area contributed by atoms with Gasteiger partial charge in [-0.3, -0.25) is 4.79 Å². The van der Waals surface area contributed by atoms with E-state index in [4.69, 9.17) is 0 Å². The zero-order chi connectivity index (χ0) is 16.5. The van der Waals surface area contributed by atoms with E-state index in [0.29, 0.717) is 11.3 Å². The van der Waals surface area contributed by atoms with Crippen molar-refractivity contribution in [1.29, 1.82) is 0 Å². The van der Waals surface area contributed by atoms with Crippen LogP contribution in [0.1, 0.15) is 65.7 Å². The van der Waals surface area contributed by atoms with E-state index < -0.39 is 0 Å². The highest BCUT2D eigenvalue weighted by molar-refractivity contribution is 5.76. The number of carbonyl (C=O) groups excluding carboxylic acids is 1. The first-order valence-corrected chi connectivity index (χ1v) is 10.1. The highest BCUT2D eigenvalue weighted by Gasteiger charge is 2.51. The van der Waals surface area contributed by atoms with Crippen molar-refractivity contribution in [3.8, 4) is 0 Å². The third-order valence-corrected chi connectivity index (χ3v) is 7.62. The van der Waals surface area contributed by atoms with Crippen molar-refractivity contribution in [2.24, 2.45) is 23.2 Å². The fraction of sp³-hybridized carbons (Fsp3) is 0.950. The number of likely N-dealkylation sites (N-methyl/N-ethyl adjacent to an activating group) is 1. The molecular weight excluding hydrogens is 411 g/mol. The minimum Gasteiger partial charge on any atom is -1.00 e. The zero-order valence-electron chi connectivity index (χ0n) is 16.0. The monoisotopic (exact) mass is 448 g/mol. The van der Waals surface area contributed by atoms with Crippen LogP contribution in [0.15, 0.2) is 0 Å². The van der Waals surface area contributed by atoms with Gasteiger partial charge in [-0.25, -0.2) is 0 Å². The lowest BCUT2D eigenvalue weighted by atomic mass is 9.49. The van der Waals surface area contributed by atoms with E-state index in [1.54, 1.807) is 0 Å². The molecule has 0 unspecified atom stereocenters. The molecule has 24 heavy (non-hydrogen) atoms. The maximum absolute atomic E-state index is 12.6. The molecule has 4 bridgehead atoms. The van der Waals surface area contributed by atoms with Gasteiger partial charge in [-0.1, -0.05) is 0 Å². The van der Waals surface area contributed by atoms with E-state index >= 15 is 0 Å². The summed E-state index contributed by atoms with van der Waals surface area (Å²) in [7, 11) is 0. The van der Waals surface area contributed by atoms with Crippen LogP contribution in [0.5, 0.6) is 0 Å². The Bertz CT molecular complexity index is 390. The molecule has 4 aliphatic carbocycles. The van der Waals surface area contributed by atoms with Crippen LogP contribution in [0.4, 0.5) is 0 Å². The molecule has 4 fully saturated rings. The van der Waals surface area contributed by atoms with Gasteiger partial charge in [0, 0.05) is 6.42 Å². The Hall–Kier alpha value is 0.160. The van der Waals surface area contributed by atoms with E-state index in [9.17, 15) is 4.79 Å². The van der Waals surface area contributed by atoms with Crippen molar-refractivity contribution in [3.63, 3.8) is 0 Å². The molecule has 0 saturated heterocycles.